The molecule has 0 fully saturated rings. The first-order valence-corrected chi connectivity index (χ1v) is 12.7. The standard InChI is InChI=1S/C29H29FN6O/c1-3-14-31-29-32-15-12-24(33-29)28-27(19-4-6-21(30)7-5-19)34-26-11-8-22(36(26)28)18-35-16-13-20-17-23(37-2)9-10-25(20)35/h4-7,9-10,12-13,15-17,22H,3,8,11,14,18H2,1-2H3,(H,31,32,33)/t22-/m0/s1. The van der Waals surface area contributed by atoms with Crippen LogP contribution in [0.25, 0.3) is 33.5 Å². The lowest BCUT2D eigenvalue weighted by atomic mass is 10.1. The van der Waals surface area contributed by atoms with E-state index >= 15 is 0 Å². The smallest absolute Gasteiger partial charge is 0.223 e. The van der Waals surface area contributed by atoms with Crippen molar-refractivity contribution in [1.82, 2.24) is 24.1 Å². The van der Waals surface area contributed by atoms with Crippen LogP contribution in [0.4, 0.5) is 10.3 Å². The molecule has 0 radical (unpaired) electrons. The number of ether oxygens (including phenoxy) is 1. The van der Waals surface area contributed by atoms with Gasteiger partial charge in [-0.3, -0.25) is 0 Å². The summed E-state index contributed by atoms with van der Waals surface area (Å²) >= 11 is 0. The first kappa shape index (κ1) is 23.2. The Morgan fingerprint density at radius 1 is 1.08 bits per heavy atom. The van der Waals surface area contributed by atoms with E-state index in [1.807, 2.05) is 12.1 Å². The number of benzene rings is 2. The normalized spacial score (nSPS) is 14.7. The summed E-state index contributed by atoms with van der Waals surface area (Å²) in [7, 11) is 1.69. The molecule has 1 aliphatic heterocycles. The Bertz CT molecular complexity index is 1550. The van der Waals surface area contributed by atoms with Crippen molar-refractivity contribution in [2.24, 2.45) is 0 Å². The quantitative estimate of drug-likeness (QED) is 0.280. The second kappa shape index (κ2) is 9.69. The van der Waals surface area contributed by atoms with Gasteiger partial charge in [-0.25, -0.2) is 19.3 Å². The average Bonchev–Trinajstić information content (AvgIpc) is 3.62. The predicted molar refractivity (Wildman–Crippen MR) is 143 cm³/mol. The lowest BCUT2D eigenvalue weighted by Gasteiger charge is -2.19. The molecular formula is C29H29FN6O. The van der Waals surface area contributed by atoms with Crippen molar-refractivity contribution in [1.29, 1.82) is 0 Å². The fourth-order valence-electron chi connectivity index (χ4n) is 5.20. The number of nitrogens with one attached hydrogen (secondary N) is 1. The summed E-state index contributed by atoms with van der Waals surface area (Å²) in [6.07, 6.45) is 6.76. The van der Waals surface area contributed by atoms with Crippen molar-refractivity contribution < 1.29 is 9.13 Å². The molecule has 2 aromatic carbocycles. The summed E-state index contributed by atoms with van der Waals surface area (Å²) in [6.45, 7) is 3.72. The number of imidazole rings is 1. The summed E-state index contributed by atoms with van der Waals surface area (Å²) in [5, 5.41) is 4.44. The maximum atomic E-state index is 13.7. The molecule has 188 valence electrons. The van der Waals surface area contributed by atoms with Gasteiger partial charge >= 0.3 is 0 Å². The van der Waals surface area contributed by atoms with Crippen molar-refractivity contribution in [3.8, 4) is 28.4 Å². The van der Waals surface area contributed by atoms with E-state index in [1.165, 1.54) is 17.6 Å². The van der Waals surface area contributed by atoms with E-state index in [-0.39, 0.29) is 11.9 Å². The number of halogens is 1. The summed E-state index contributed by atoms with van der Waals surface area (Å²) in [5.41, 5.74) is 4.62. The maximum Gasteiger partial charge on any atom is 0.223 e. The molecule has 6 rings (SSSR count). The summed E-state index contributed by atoms with van der Waals surface area (Å²) in [5.74, 6) is 2.21. The minimum absolute atomic E-state index is 0.200. The van der Waals surface area contributed by atoms with Crippen LogP contribution in [0.1, 0.15) is 31.6 Å². The van der Waals surface area contributed by atoms with Crippen LogP contribution >= 0.6 is 0 Å². The highest BCUT2D eigenvalue weighted by Gasteiger charge is 2.31. The zero-order chi connectivity index (χ0) is 25.4. The molecule has 0 amide bonds. The van der Waals surface area contributed by atoms with Gasteiger partial charge in [0.15, 0.2) is 0 Å². The van der Waals surface area contributed by atoms with Crippen molar-refractivity contribution in [2.45, 2.75) is 38.8 Å². The van der Waals surface area contributed by atoms with E-state index in [1.54, 1.807) is 25.4 Å². The highest BCUT2D eigenvalue weighted by atomic mass is 19.1. The highest BCUT2D eigenvalue weighted by Crippen LogP contribution is 2.40. The van der Waals surface area contributed by atoms with E-state index in [2.05, 4.69) is 50.8 Å². The van der Waals surface area contributed by atoms with E-state index in [0.717, 1.165) is 72.0 Å². The minimum atomic E-state index is -0.265. The Kier molecular flexibility index (Phi) is 6.08. The van der Waals surface area contributed by atoms with Gasteiger partial charge < -0.3 is 19.2 Å². The lowest BCUT2D eigenvalue weighted by molar-refractivity contribution is 0.415. The average molecular weight is 497 g/mol. The number of hydrogen-bond donors (Lipinski definition) is 1. The van der Waals surface area contributed by atoms with Crippen molar-refractivity contribution >= 4 is 16.9 Å². The molecule has 4 heterocycles. The number of aromatic nitrogens is 5. The SMILES string of the molecule is CCCNc1nccc(-c2c(-c3ccc(F)cc3)nc3n2[C@H](Cn2ccc4cc(OC)ccc42)CC3)n1. The van der Waals surface area contributed by atoms with E-state index in [9.17, 15) is 4.39 Å². The van der Waals surface area contributed by atoms with Crippen molar-refractivity contribution in [3.63, 3.8) is 0 Å². The van der Waals surface area contributed by atoms with Crippen LogP contribution in [0.3, 0.4) is 0 Å². The Morgan fingerprint density at radius 3 is 2.76 bits per heavy atom. The number of nitrogens with zero attached hydrogens (tertiary/aromatic N) is 5. The van der Waals surface area contributed by atoms with Crippen LogP contribution in [-0.2, 0) is 13.0 Å². The molecule has 0 aliphatic carbocycles. The third kappa shape index (κ3) is 4.33. The molecule has 0 bridgehead atoms. The molecule has 1 N–H and O–H groups in total. The second-order valence-corrected chi connectivity index (χ2v) is 9.38. The number of methoxy groups -OCH3 is 1. The molecule has 8 heteroatoms. The van der Waals surface area contributed by atoms with Gasteiger partial charge in [-0.15, -0.1) is 0 Å². The minimum Gasteiger partial charge on any atom is -0.497 e. The van der Waals surface area contributed by atoms with Crippen LogP contribution < -0.4 is 10.1 Å². The van der Waals surface area contributed by atoms with E-state index < -0.39 is 0 Å². The van der Waals surface area contributed by atoms with E-state index in [0.29, 0.717) is 5.95 Å². The molecule has 5 aromatic rings. The molecule has 37 heavy (non-hydrogen) atoms. The van der Waals surface area contributed by atoms with Crippen LogP contribution in [-0.4, -0.2) is 37.7 Å². The molecule has 7 nitrogen and oxygen atoms in total. The summed E-state index contributed by atoms with van der Waals surface area (Å²) in [6, 6.07) is 17.0. The molecule has 0 spiro atoms. The molecule has 0 unspecified atom stereocenters. The van der Waals surface area contributed by atoms with Gasteiger partial charge in [0.05, 0.1) is 30.2 Å². The van der Waals surface area contributed by atoms with Gasteiger partial charge in [0, 0.05) is 48.4 Å². The predicted octanol–water partition coefficient (Wildman–Crippen LogP) is 6.12. The maximum absolute atomic E-state index is 13.7. The Morgan fingerprint density at radius 2 is 1.95 bits per heavy atom. The third-order valence-electron chi connectivity index (χ3n) is 6.99. The van der Waals surface area contributed by atoms with Gasteiger partial charge in [-0.05, 0) is 67.4 Å². The van der Waals surface area contributed by atoms with Crippen molar-refractivity contribution in [3.05, 3.63) is 78.6 Å². The fraction of sp³-hybridized carbons (Fsp3) is 0.276. The Hall–Kier alpha value is -4.20. The van der Waals surface area contributed by atoms with Crippen LogP contribution in [0.2, 0.25) is 0 Å². The molecule has 0 saturated heterocycles. The third-order valence-corrected chi connectivity index (χ3v) is 6.99. The van der Waals surface area contributed by atoms with Crippen molar-refractivity contribution in [2.75, 3.05) is 19.0 Å². The number of anilines is 1. The van der Waals surface area contributed by atoms with E-state index in [4.69, 9.17) is 14.7 Å². The monoisotopic (exact) mass is 496 g/mol. The number of fused-ring (bicyclic) bond motifs is 2. The zero-order valence-electron chi connectivity index (χ0n) is 21.0. The molecule has 1 atom stereocenters. The largest absolute Gasteiger partial charge is 0.497 e. The van der Waals surface area contributed by atoms with Gasteiger partial charge in [-0.2, -0.15) is 0 Å². The van der Waals surface area contributed by atoms with Crippen LogP contribution in [0.15, 0.2) is 67.0 Å². The Labute approximate surface area is 215 Å². The topological polar surface area (TPSA) is 69.8 Å². The first-order valence-electron chi connectivity index (χ1n) is 12.7. The number of rotatable bonds is 8. The fourth-order valence-corrected chi connectivity index (χ4v) is 5.20. The second-order valence-electron chi connectivity index (χ2n) is 9.38. The number of aryl methyl sites for hydroxylation is 1. The Balaban J connectivity index is 1.44. The van der Waals surface area contributed by atoms with Gasteiger partial charge in [0.1, 0.15) is 17.4 Å². The first-order chi connectivity index (χ1) is 18.1. The zero-order valence-corrected chi connectivity index (χ0v) is 21.0. The van der Waals surface area contributed by atoms with Gasteiger partial charge in [0.25, 0.3) is 0 Å². The van der Waals surface area contributed by atoms with Gasteiger partial charge in [-0.1, -0.05) is 6.92 Å². The van der Waals surface area contributed by atoms with Crippen LogP contribution in [0.5, 0.6) is 5.75 Å². The molecule has 3 aromatic heterocycles. The summed E-state index contributed by atoms with van der Waals surface area (Å²) in [4.78, 5) is 14.3. The van der Waals surface area contributed by atoms with Crippen LogP contribution in [0, 0.1) is 5.82 Å². The highest BCUT2D eigenvalue weighted by molar-refractivity contribution is 5.82. The number of hydrogen-bond acceptors (Lipinski definition) is 5. The molecule has 1 aliphatic rings. The van der Waals surface area contributed by atoms with Gasteiger partial charge in [0.2, 0.25) is 5.95 Å². The lowest BCUT2D eigenvalue weighted by Crippen LogP contribution is -2.14. The molecular weight excluding hydrogens is 467 g/mol. The summed E-state index contributed by atoms with van der Waals surface area (Å²) < 4.78 is 23.8. The molecule has 0 saturated carbocycles.